The molecule has 2 amide bonds. The van der Waals surface area contributed by atoms with Crippen molar-refractivity contribution in [2.75, 3.05) is 13.2 Å². The topological polar surface area (TPSA) is 156 Å². The number of allylic oxidation sites excluding steroid dienone is 3. The molecule has 4 rings (SSSR count). The second kappa shape index (κ2) is 12.9. The molecule has 0 radical (unpaired) electrons. The molecular formula is C25H31FN3O9P. The molecule has 212 valence electrons. The summed E-state index contributed by atoms with van der Waals surface area (Å²) in [5.74, 6) is -1.48. The molecule has 6 atom stereocenters. The highest BCUT2D eigenvalue weighted by molar-refractivity contribution is 7.52. The van der Waals surface area contributed by atoms with Crippen molar-refractivity contribution in [1.29, 1.82) is 0 Å². The van der Waals surface area contributed by atoms with Gasteiger partial charge in [-0.15, -0.1) is 0 Å². The molecule has 4 N–H and O–H groups in total. The molecule has 14 heteroatoms. The molecule has 0 bridgehead atoms. The van der Waals surface area contributed by atoms with Gasteiger partial charge in [0.2, 0.25) is 0 Å². The van der Waals surface area contributed by atoms with E-state index in [0.29, 0.717) is 0 Å². The zero-order valence-corrected chi connectivity index (χ0v) is 22.0. The predicted molar refractivity (Wildman–Crippen MR) is 135 cm³/mol. The minimum Gasteiger partial charge on any atom is -0.460 e. The van der Waals surface area contributed by atoms with Gasteiger partial charge in [0.1, 0.15) is 30.7 Å². The van der Waals surface area contributed by atoms with Gasteiger partial charge in [-0.1, -0.05) is 36.4 Å². The standard InChI is InChI=1S/C25H31FN3O9P/c1-16(24(32)35-14-17-8-4-2-5-9-17)28-39(34,38-18-10-6-3-7-11-18)36-15-21-20(30)12-22(37-21)29-13-19(26)23(31)27-25(29)33/h2-4,6-8,10-11,13,16,20-23,30-31H,5,9,12,14-15H2,1H3,(H,27,33)(H,28,34)/t16-,20?,21+,22+,23?,39?/m0/s1. The van der Waals surface area contributed by atoms with Gasteiger partial charge in [0.05, 0.1) is 12.7 Å². The first kappa shape index (κ1) is 28.9. The van der Waals surface area contributed by atoms with Gasteiger partial charge in [-0.25, -0.2) is 13.8 Å². The van der Waals surface area contributed by atoms with Crippen LogP contribution in [-0.2, 0) is 23.4 Å². The van der Waals surface area contributed by atoms with Gasteiger partial charge in [0, 0.05) is 12.6 Å². The van der Waals surface area contributed by atoms with E-state index in [1.807, 2.05) is 23.5 Å². The summed E-state index contributed by atoms with van der Waals surface area (Å²) in [6.45, 7) is 1.09. The van der Waals surface area contributed by atoms with Gasteiger partial charge in [-0.3, -0.25) is 14.2 Å². The summed E-state index contributed by atoms with van der Waals surface area (Å²) in [6, 6.07) is 6.23. The van der Waals surface area contributed by atoms with E-state index >= 15 is 0 Å². The number of hydrogen-bond acceptors (Lipinski definition) is 9. The molecule has 1 fully saturated rings. The largest absolute Gasteiger partial charge is 0.460 e. The van der Waals surface area contributed by atoms with Gasteiger partial charge >= 0.3 is 19.7 Å². The first-order chi connectivity index (χ1) is 18.6. The van der Waals surface area contributed by atoms with E-state index in [0.717, 1.165) is 29.5 Å². The number of aliphatic hydroxyl groups excluding tert-OH is 2. The van der Waals surface area contributed by atoms with Gasteiger partial charge in [-0.05, 0) is 37.5 Å². The summed E-state index contributed by atoms with van der Waals surface area (Å²) in [4.78, 5) is 25.6. The number of benzene rings is 1. The molecule has 2 aliphatic heterocycles. The number of hydrogen-bond donors (Lipinski definition) is 4. The molecule has 1 saturated heterocycles. The van der Waals surface area contributed by atoms with E-state index in [-0.39, 0.29) is 18.8 Å². The second-order valence-corrected chi connectivity index (χ2v) is 10.8. The Balaban J connectivity index is 1.39. The molecule has 0 saturated carbocycles. The lowest BCUT2D eigenvalue weighted by molar-refractivity contribution is -0.144. The number of rotatable bonds is 11. The van der Waals surface area contributed by atoms with E-state index in [9.17, 15) is 28.8 Å². The van der Waals surface area contributed by atoms with Crippen LogP contribution in [0.1, 0.15) is 26.2 Å². The number of nitrogens with one attached hydrogen (secondary N) is 2. The van der Waals surface area contributed by atoms with Crippen molar-refractivity contribution in [1.82, 2.24) is 15.3 Å². The van der Waals surface area contributed by atoms with Crippen molar-refractivity contribution in [2.24, 2.45) is 0 Å². The Labute approximate surface area is 224 Å². The van der Waals surface area contributed by atoms with Crippen LogP contribution in [0.15, 0.2) is 66.2 Å². The first-order valence-electron chi connectivity index (χ1n) is 12.4. The Hall–Kier alpha value is -3.06. The van der Waals surface area contributed by atoms with Crippen molar-refractivity contribution >= 4 is 19.7 Å². The van der Waals surface area contributed by atoms with Crippen LogP contribution in [0.3, 0.4) is 0 Å². The lowest BCUT2D eigenvalue weighted by Crippen LogP contribution is -2.51. The fourth-order valence-corrected chi connectivity index (χ4v) is 5.51. The number of esters is 1. The van der Waals surface area contributed by atoms with Crippen LogP contribution >= 0.6 is 7.75 Å². The Morgan fingerprint density at radius 1 is 1.33 bits per heavy atom. The summed E-state index contributed by atoms with van der Waals surface area (Å²) in [5.41, 5.74) is 0.951. The maximum absolute atomic E-state index is 13.8. The van der Waals surface area contributed by atoms with E-state index < -0.39 is 62.9 Å². The van der Waals surface area contributed by atoms with Crippen LogP contribution in [0.25, 0.3) is 0 Å². The maximum Gasteiger partial charge on any atom is 0.459 e. The van der Waals surface area contributed by atoms with Gasteiger partial charge < -0.3 is 29.5 Å². The average Bonchev–Trinajstić information content (AvgIpc) is 3.29. The van der Waals surface area contributed by atoms with Crippen LogP contribution in [0.5, 0.6) is 5.75 Å². The Bertz CT molecular complexity index is 1180. The number of urea groups is 1. The van der Waals surface area contributed by atoms with Crippen molar-refractivity contribution in [3.8, 4) is 5.75 Å². The summed E-state index contributed by atoms with van der Waals surface area (Å²) in [5, 5.41) is 24.5. The number of halogens is 1. The molecule has 0 spiro atoms. The SMILES string of the molecule is C[C@H](NP(=O)(OC[C@H]1O[C@@H](N2C=C(F)C(O)NC2=O)CC1O)Oc1ccccc1)C(=O)OCC1=CC=CCC1. The monoisotopic (exact) mass is 567 g/mol. The highest BCUT2D eigenvalue weighted by Crippen LogP contribution is 2.45. The Kier molecular flexibility index (Phi) is 9.54. The third-order valence-electron chi connectivity index (χ3n) is 6.12. The normalized spacial score (nSPS) is 27.2. The smallest absolute Gasteiger partial charge is 0.459 e. The summed E-state index contributed by atoms with van der Waals surface area (Å²) in [6.07, 6.45) is 3.00. The molecule has 0 aromatic heterocycles. The Morgan fingerprint density at radius 3 is 2.82 bits per heavy atom. The number of carbonyl (C=O) groups excluding carboxylic acids is 2. The molecule has 39 heavy (non-hydrogen) atoms. The molecule has 3 aliphatic rings. The summed E-state index contributed by atoms with van der Waals surface area (Å²) < 4.78 is 49.7. The Morgan fingerprint density at radius 2 is 2.10 bits per heavy atom. The van der Waals surface area contributed by atoms with Gasteiger partial charge in [-0.2, -0.15) is 5.09 Å². The number of carbonyl (C=O) groups is 2. The fraction of sp³-hybridized carbons (Fsp3) is 0.440. The zero-order valence-electron chi connectivity index (χ0n) is 21.1. The predicted octanol–water partition coefficient (Wildman–Crippen LogP) is 2.62. The van der Waals surface area contributed by atoms with Crippen LogP contribution in [0.4, 0.5) is 9.18 Å². The highest BCUT2D eigenvalue weighted by Gasteiger charge is 2.43. The zero-order chi connectivity index (χ0) is 28.0. The molecule has 1 aromatic carbocycles. The van der Waals surface area contributed by atoms with Gasteiger partial charge in [0.15, 0.2) is 12.1 Å². The quantitative estimate of drug-likeness (QED) is 0.232. The summed E-state index contributed by atoms with van der Waals surface area (Å²) in [7, 11) is -4.23. The molecule has 1 aliphatic carbocycles. The number of ether oxygens (including phenoxy) is 2. The molecule has 2 heterocycles. The number of amides is 2. The minimum atomic E-state index is -4.23. The molecular weight excluding hydrogens is 536 g/mol. The van der Waals surface area contributed by atoms with E-state index in [2.05, 4.69) is 5.09 Å². The van der Waals surface area contributed by atoms with Crippen molar-refractivity contribution < 1.29 is 47.3 Å². The lowest BCUT2D eigenvalue weighted by Gasteiger charge is -2.30. The first-order valence-corrected chi connectivity index (χ1v) is 13.9. The number of para-hydroxylation sites is 1. The lowest BCUT2D eigenvalue weighted by atomic mass is 10.1. The van der Waals surface area contributed by atoms with Crippen LogP contribution in [-0.4, -0.2) is 71.0 Å². The molecule has 1 aromatic rings. The summed E-state index contributed by atoms with van der Waals surface area (Å²) >= 11 is 0. The number of aliphatic hydroxyl groups is 2. The average molecular weight is 568 g/mol. The molecule has 3 unspecified atom stereocenters. The number of nitrogens with zero attached hydrogens (tertiary/aromatic N) is 1. The van der Waals surface area contributed by atoms with Crippen molar-refractivity contribution in [3.63, 3.8) is 0 Å². The van der Waals surface area contributed by atoms with Crippen molar-refractivity contribution in [2.45, 2.75) is 56.9 Å². The second-order valence-electron chi connectivity index (χ2n) is 9.15. The van der Waals surface area contributed by atoms with E-state index in [1.165, 1.54) is 6.92 Å². The molecule has 12 nitrogen and oxygen atoms in total. The van der Waals surface area contributed by atoms with E-state index in [4.69, 9.17) is 18.5 Å². The van der Waals surface area contributed by atoms with Gasteiger partial charge in [0.25, 0.3) is 0 Å². The minimum absolute atomic E-state index is 0.0968. The van der Waals surface area contributed by atoms with E-state index in [1.54, 1.807) is 30.3 Å². The third kappa shape index (κ3) is 7.75. The third-order valence-corrected chi connectivity index (χ3v) is 7.76. The fourth-order valence-electron chi connectivity index (χ4n) is 4.01. The van der Waals surface area contributed by atoms with Crippen LogP contribution < -0.4 is 14.9 Å². The maximum atomic E-state index is 13.8. The van der Waals surface area contributed by atoms with Crippen LogP contribution in [0.2, 0.25) is 0 Å². The van der Waals surface area contributed by atoms with Crippen molar-refractivity contribution in [3.05, 3.63) is 66.2 Å². The van der Waals surface area contributed by atoms with Crippen LogP contribution in [0, 0.1) is 0 Å². The highest BCUT2D eigenvalue weighted by atomic mass is 31.2.